The van der Waals surface area contributed by atoms with Gasteiger partial charge >= 0.3 is 5.97 Å². The number of esters is 1. The number of carbonyl (C=O) groups is 1. The molecule has 18 heavy (non-hydrogen) atoms. The Bertz CT molecular complexity index is 261. The van der Waals surface area contributed by atoms with Gasteiger partial charge in [-0.2, -0.15) is 0 Å². The zero-order valence-corrected chi connectivity index (χ0v) is 11.7. The third-order valence-corrected chi connectivity index (χ3v) is 4.60. The smallest absolute Gasteiger partial charge is 0.307 e. The van der Waals surface area contributed by atoms with Crippen LogP contribution in [0.15, 0.2) is 0 Å². The minimum absolute atomic E-state index is 0.0458. The molecule has 2 aliphatic rings. The molecule has 1 atom stereocenters. The van der Waals surface area contributed by atoms with Gasteiger partial charge in [0, 0.05) is 12.6 Å². The van der Waals surface area contributed by atoms with E-state index in [9.17, 15) is 4.79 Å². The second-order valence-electron chi connectivity index (χ2n) is 5.93. The molecule has 0 aromatic carbocycles. The lowest BCUT2D eigenvalue weighted by molar-refractivity contribution is -0.142. The number of hydrogen-bond donors (Lipinski definition) is 0. The highest BCUT2D eigenvalue weighted by Gasteiger charge is 2.27. The summed E-state index contributed by atoms with van der Waals surface area (Å²) in [6, 6.07) is 0.438. The predicted molar refractivity (Wildman–Crippen MR) is 72.4 cm³/mol. The molecule has 3 nitrogen and oxygen atoms in total. The summed E-state index contributed by atoms with van der Waals surface area (Å²) >= 11 is 0. The molecular formula is C15H27NO2. The molecule has 1 aliphatic carbocycles. The van der Waals surface area contributed by atoms with Gasteiger partial charge in [0.05, 0.1) is 13.5 Å². The van der Waals surface area contributed by atoms with Crippen molar-refractivity contribution in [3.8, 4) is 0 Å². The Morgan fingerprint density at radius 3 is 2.56 bits per heavy atom. The van der Waals surface area contributed by atoms with Crippen LogP contribution in [0.1, 0.15) is 57.8 Å². The average Bonchev–Trinajstić information content (AvgIpc) is 2.42. The Labute approximate surface area is 111 Å². The largest absolute Gasteiger partial charge is 0.469 e. The molecule has 2 rings (SSSR count). The number of methoxy groups -OCH3 is 1. The minimum Gasteiger partial charge on any atom is -0.469 e. The van der Waals surface area contributed by atoms with Crippen LogP contribution in [-0.4, -0.2) is 37.1 Å². The number of rotatable bonds is 4. The SMILES string of the molecule is COC(=O)CC1CCCCN1CC1CCCCC1. The molecule has 0 N–H and O–H groups in total. The minimum atomic E-state index is -0.0458. The molecule has 0 aromatic heterocycles. The highest BCUT2D eigenvalue weighted by molar-refractivity contribution is 5.69. The normalized spacial score (nSPS) is 27.1. The van der Waals surface area contributed by atoms with E-state index in [-0.39, 0.29) is 5.97 Å². The summed E-state index contributed by atoms with van der Waals surface area (Å²) in [4.78, 5) is 14.0. The van der Waals surface area contributed by atoms with Crippen LogP contribution in [0.5, 0.6) is 0 Å². The molecule has 1 saturated carbocycles. The first kappa shape index (κ1) is 13.9. The van der Waals surface area contributed by atoms with Gasteiger partial charge in [0.1, 0.15) is 0 Å². The highest BCUT2D eigenvalue weighted by atomic mass is 16.5. The number of piperidine rings is 1. The van der Waals surface area contributed by atoms with Crippen LogP contribution in [0.25, 0.3) is 0 Å². The van der Waals surface area contributed by atoms with Gasteiger partial charge in [0.25, 0.3) is 0 Å². The van der Waals surface area contributed by atoms with E-state index >= 15 is 0 Å². The van der Waals surface area contributed by atoms with E-state index in [1.54, 1.807) is 0 Å². The lowest BCUT2D eigenvalue weighted by atomic mass is 9.87. The maximum absolute atomic E-state index is 11.5. The molecule has 1 heterocycles. The maximum Gasteiger partial charge on any atom is 0.307 e. The van der Waals surface area contributed by atoms with Crippen molar-refractivity contribution in [3.05, 3.63) is 0 Å². The highest BCUT2D eigenvalue weighted by Crippen LogP contribution is 2.28. The van der Waals surface area contributed by atoms with Gasteiger partial charge in [0.2, 0.25) is 0 Å². The molecule has 1 unspecified atom stereocenters. The molecule has 0 bridgehead atoms. The van der Waals surface area contributed by atoms with Gasteiger partial charge in [-0.15, -0.1) is 0 Å². The van der Waals surface area contributed by atoms with E-state index in [1.165, 1.54) is 71.6 Å². The summed E-state index contributed by atoms with van der Waals surface area (Å²) in [5.74, 6) is 0.826. The number of likely N-dealkylation sites (tertiary alicyclic amines) is 1. The van der Waals surface area contributed by atoms with Gasteiger partial charge in [-0.1, -0.05) is 25.7 Å². The van der Waals surface area contributed by atoms with Crippen LogP contribution < -0.4 is 0 Å². The van der Waals surface area contributed by atoms with Crippen molar-refractivity contribution in [3.63, 3.8) is 0 Å². The van der Waals surface area contributed by atoms with Crippen molar-refractivity contribution in [1.29, 1.82) is 0 Å². The first-order valence-corrected chi connectivity index (χ1v) is 7.60. The summed E-state index contributed by atoms with van der Waals surface area (Å²) in [6.45, 7) is 2.39. The molecule has 0 amide bonds. The summed E-state index contributed by atoms with van der Waals surface area (Å²) < 4.78 is 4.83. The van der Waals surface area contributed by atoms with Crippen molar-refractivity contribution in [2.45, 2.75) is 63.8 Å². The van der Waals surface area contributed by atoms with Crippen molar-refractivity contribution in [2.24, 2.45) is 5.92 Å². The summed E-state index contributed by atoms with van der Waals surface area (Å²) in [6.07, 6.45) is 11.3. The molecule has 104 valence electrons. The fraction of sp³-hybridized carbons (Fsp3) is 0.933. The van der Waals surface area contributed by atoms with Gasteiger partial charge in [0.15, 0.2) is 0 Å². The number of nitrogens with zero attached hydrogens (tertiary/aromatic N) is 1. The van der Waals surface area contributed by atoms with Crippen molar-refractivity contribution < 1.29 is 9.53 Å². The van der Waals surface area contributed by atoms with Crippen LogP contribution in [-0.2, 0) is 9.53 Å². The van der Waals surface area contributed by atoms with E-state index in [0.717, 1.165) is 5.92 Å². The Morgan fingerprint density at radius 2 is 1.83 bits per heavy atom. The molecule has 1 saturated heterocycles. The quantitative estimate of drug-likeness (QED) is 0.721. The third kappa shape index (κ3) is 3.98. The lowest BCUT2D eigenvalue weighted by Gasteiger charge is -2.38. The first-order chi connectivity index (χ1) is 8.79. The monoisotopic (exact) mass is 253 g/mol. The van der Waals surface area contributed by atoms with Gasteiger partial charge in [-0.25, -0.2) is 0 Å². The van der Waals surface area contributed by atoms with Gasteiger partial charge < -0.3 is 4.74 Å². The molecule has 0 radical (unpaired) electrons. The molecular weight excluding hydrogens is 226 g/mol. The zero-order valence-electron chi connectivity index (χ0n) is 11.7. The number of hydrogen-bond acceptors (Lipinski definition) is 3. The number of carbonyl (C=O) groups excluding carboxylic acids is 1. The fourth-order valence-corrected chi connectivity index (χ4v) is 3.51. The van der Waals surface area contributed by atoms with Crippen LogP contribution in [0.4, 0.5) is 0 Å². The topological polar surface area (TPSA) is 29.5 Å². The second kappa shape index (κ2) is 7.13. The zero-order chi connectivity index (χ0) is 12.8. The van der Waals surface area contributed by atoms with E-state index in [0.29, 0.717) is 12.5 Å². The summed E-state index contributed by atoms with van der Waals surface area (Å²) in [7, 11) is 1.50. The lowest BCUT2D eigenvalue weighted by Crippen LogP contribution is -2.43. The summed E-state index contributed by atoms with van der Waals surface area (Å²) in [5, 5.41) is 0. The second-order valence-corrected chi connectivity index (χ2v) is 5.93. The number of ether oxygens (including phenoxy) is 1. The predicted octanol–water partition coefficient (Wildman–Crippen LogP) is 2.98. The molecule has 1 aliphatic heterocycles. The van der Waals surface area contributed by atoms with Crippen molar-refractivity contribution >= 4 is 5.97 Å². The third-order valence-electron chi connectivity index (χ3n) is 4.60. The van der Waals surface area contributed by atoms with Crippen molar-refractivity contribution in [2.75, 3.05) is 20.2 Å². The van der Waals surface area contributed by atoms with Crippen LogP contribution >= 0.6 is 0 Å². The van der Waals surface area contributed by atoms with Crippen molar-refractivity contribution in [1.82, 2.24) is 4.90 Å². The van der Waals surface area contributed by atoms with E-state index in [4.69, 9.17) is 4.74 Å². The average molecular weight is 253 g/mol. The van der Waals surface area contributed by atoms with E-state index < -0.39 is 0 Å². The van der Waals surface area contributed by atoms with E-state index in [1.807, 2.05) is 0 Å². The van der Waals surface area contributed by atoms with Crippen LogP contribution in [0.3, 0.4) is 0 Å². The van der Waals surface area contributed by atoms with E-state index in [2.05, 4.69) is 4.90 Å². The maximum atomic E-state index is 11.5. The molecule has 0 aromatic rings. The molecule has 2 fully saturated rings. The fourth-order valence-electron chi connectivity index (χ4n) is 3.51. The standard InChI is InChI=1S/C15H27NO2/c1-18-15(17)11-14-9-5-6-10-16(14)12-13-7-3-2-4-8-13/h13-14H,2-12H2,1H3. The molecule has 0 spiro atoms. The Balaban J connectivity index is 1.84. The van der Waals surface area contributed by atoms with Crippen LogP contribution in [0, 0.1) is 5.92 Å². The van der Waals surface area contributed by atoms with Gasteiger partial charge in [-0.3, -0.25) is 9.69 Å². The van der Waals surface area contributed by atoms with Gasteiger partial charge in [-0.05, 0) is 38.1 Å². The summed E-state index contributed by atoms with van der Waals surface area (Å²) in [5.41, 5.74) is 0. The Kier molecular flexibility index (Phi) is 5.48. The Hall–Kier alpha value is -0.570. The Morgan fingerprint density at radius 1 is 1.11 bits per heavy atom. The first-order valence-electron chi connectivity index (χ1n) is 7.60. The van der Waals surface area contributed by atoms with Crippen LogP contribution in [0.2, 0.25) is 0 Å². The molecule has 3 heteroatoms.